The summed E-state index contributed by atoms with van der Waals surface area (Å²) in [6.45, 7) is 1.91. The van der Waals surface area contributed by atoms with Gasteiger partial charge in [0.15, 0.2) is 0 Å². The Bertz CT molecular complexity index is 1480. The lowest BCUT2D eigenvalue weighted by Gasteiger charge is -2.22. The standard InChI is InChI=1S/C28H27N3O4/c1-18-16-20(28(33)34-2)12-14-22(18)25-15-13-21(35-25)17-29-31-26(19-8-4-3-5-9-19)30-24-11-7-6-10-23(24)27(31)32/h6-7,10-17,19H,3-5,8-9H2,1-2H3. The normalized spacial score (nSPS) is 14.6. The molecule has 1 fully saturated rings. The van der Waals surface area contributed by atoms with Crippen LogP contribution in [-0.4, -0.2) is 29.0 Å². The van der Waals surface area contributed by atoms with Crippen LogP contribution in [0, 0.1) is 6.92 Å². The lowest BCUT2D eigenvalue weighted by Crippen LogP contribution is -2.25. The lowest BCUT2D eigenvalue weighted by atomic mass is 9.88. The van der Waals surface area contributed by atoms with Crippen molar-refractivity contribution in [1.29, 1.82) is 0 Å². The number of carbonyl (C=O) groups excluding carboxylic acids is 1. The zero-order valence-corrected chi connectivity index (χ0v) is 19.9. The molecule has 2 aromatic heterocycles. The molecular formula is C28H27N3O4. The third kappa shape index (κ3) is 4.54. The molecule has 4 aromatic rings. The number of nitrogens with zero attached hydrogens (tertiary/aromatic N) is 3. The minimum absolute atomic E-state index is 0.173. The topological polar surface area (TPSA) is 86.7 Å². The molecule has 5 rings (SSSR count). The van der Waals surface area contributed by atoms with E-state index in [0.29, 0.717) is 33.8 Å². The molecule has 1 aliphatic carbocycles. The van der Waals surface area contributed by atoms with E-state index in [9.17, 15) is 9.59 Å². The highest BCUT2D eigenvalue weighted by atomic mass is 16.5. The molecule has 1 saturated carbocycles. The second-order valence-electron chi connectivity index (χ2n) is 8.91. The number of methoxy groups -OCH3 is 1. The molecule has 1 aliphatic rings. The van der Waals surface area contributed by atoms with Gasteiger partial charge in [0, 0.05) is 11.5 Å². The maximum atomic E-state index is 13.3. The molecule has 0 N–H and O–H groups in total. The monoisotopic (exact) mass is 469 g/mol. The summed E-state index contributed by atoms with van der Waals surface area (Å²) in [6.07, 6.45) is 7.05. The Labute approximate surface area is 203 Å². The lowest BCUT2D eigenvalue weighted by molar-refractivity contribution is 0.0600. The van der Waals surface area contributed by atoms with Crippen molar-refractivity contribution in [2.24, 2.45) is 5.10 Å². The Morgan fingerprint density at radius 3 is 2.69 bits per heavy atom. The van der Waals surface area contributed by atoms with Crippen molar-refractivity contribution in [2.45, 2.75) is 44.9 Å². The fraction of sp³-hybridized carbons (Fsp3) is 0.286. The summed E-state index contributed by atoms with van der Waals surface area (Å²) < 4.78 is 12.2. The molecule has 7 nitrogen and oxygen atoms in total. The first-order valence-electron chi connectivity index (χ1n) is 11.9. The average Bonchev–Trinajstić information content (AvgIpc) is 3.36. The SMILES string of the molecule is COC(=O)c1ccc(-c2ccc(C=Nn3c(C4CCCCC4)nc4ccccc4c3=O)o2)c(C)c1. The van der Waals surface area contributed by atoms with Crippen molar-refractivity contribution in [3.63, 3.8) is 0 Å². The maximum Gasteiger partial charge on any atom is 0.337 e. The number of carbonyl (C=O) groups is 1. The van der Waals surface area contributed by atoms with Gasteiger partial charge in [-0.05, 0) is 61.7 Å². The van der Waals surface area contributed by atoms with Crippen LogP contribution in [0.15, 0.2) is 68.9 Å². The van der Waals surface area contributed by atoms with Crippen molar-refractivity contribution in [1.82, 2.24) is 9.66 Å². The zero-order valence-electron chi connectivity index (χ0n) is 19.9. The van der Waals surface area contributed by atoms with Gasteiger partial charge in [0.2, 0.25) is 0 Å². The van der Waals surface area contributed by atoms with Crippen LogP contribution in [0.3, 0.4) is 0 Å². The number of para-hydroxylation sites is 1. The third-order valence-electron chi connectivity index (χ3n) is 6.59. The summed E-state index contributed by atoms with van der Waals surface area (Å²) in [5.74, 6) is 1.71. The minimum atomic E-state index is -0.380. The summed E-state index contributed by atoms with van der Waals surface area (Å²) in [5, 5.41) is 5.09. The third-order valence-corrected chi connectivity index (χ3v) is 6.59. The second-order valence-corrected chi connectivity index (χ2v) is 8.91. The highest BCUT2D eigenvalue weighted by Gasteiger charge is 2.22. The molecule has 0 saturated heterocycles. The van der Waals surface area contributed by atoms with E-state index in [2.05, 4.69) is 5.10 Å². The van der Waals surface area contributed by atoms with E-state index in [1.165, 1.54) is 18.2 Å². The van der Waals surface area contributed by atoms with Gasteiger partial charge in [0.1, 0.15) is 17.3 Å². The van der Waals surface area contributed by atoms with Crippen molar-refractivity contribution in [3.05, 3.63) is 87.7 Å². The fourth-order valence-corrected chi connectivity index (χ4v) is 4.74. The Kier molecular flexibility index (Phi) is 6.31. The second kappa shape index (κ2) is 9.70. The molecule has 0 amide bonds. The van der Waals surface area contributed by atoms with E-state index in [4.69, 9.17) is 14.1 Å². The van der Waals surface area contributed by atoms with Gasteiger partial charge in [-0.2, -0.15) is 9.78 Å². The molecule has 7 heteroatoms. The number of rotatable bonds is 5. The van der Waals surface area contributed by atoms with E-state index in [1.54, 1.807) is 24.4 Å². The molecular weight excluding hydrogens is 442 g/mol. The van der Waals surface area contributed by atoms with Crippen molar-refractivity contribution in [2.75, 3.05) is 7.11 Å². The van der Waals surface area contributed by atoms with Gasteiger partial charge in [0.05, 0.1) is 29.8 Å². The number of aryl methyl sites for hydroxylation is 1. The summed E-state index contributed by atoms with van der Waals surface area (Å²) in [7, 11) is 1.36. The number of ether oxygens (including phenoxy) is 1. The van der Waals surface area contributed by atoms with E-state index < -0.39 is 0 Å². The van der Waals surface area contributed by atoms with Crippen LogP contribution >= 0.6 is 0 Å². The van der Waals surface area contributed by atoms with Crippen LogP contribution in [0.25, 0.3) is 22.2 Å². The van der Waals surface area contributed by atoms with Gasteiger partial charge in [-0.15, -0.1) is 0 Å². The van der Waals surface area contributed by atoms with Crippen molar-refractivity contribution >= 4 is 23.1 Å². The molecule has 0 atom stereocenters. The number of furan rings is 1. The van der Waals surface area contributed by atoms with Crippen molar-refractivity contribution < 1.29 is 13.9 Å². The number of benzene rings is 2. The van der Waals surface area contributed by atoms with Gasteiger partial charge < -0.3 is 9.15 Å². The van der Waals surface area contributed by atoms with Crippen molar-refractivity contribution in [3.8, 4) is 11.3 Å². The number of hydrogen-bond donors (Lipinski definition) is 0. The molecule has 0 spiro atoms. The Morgan fingerprint density at radius 1 is 1.11 bits per heavy atom. The van der Waals surface area contributed by atoms with Crippen LogP contribution in [0.5, 0.6) is 0 Å². The molecule has 2 aromatic carbocycles. The van der Waals surface area contributed by atoms with Crippen LogP contribution in [0.4, 0.5) is 0 Å². The first-order chi connectivity index (χ1) is 17.0. The molecule has 0 unspecified atom stereocenters. The molecule has 0 aliphatic heterocycles. The quantitative estimate of drug-likeness (QED) is 0.277. The van der Waals surface area contributed by atoms with E-state index in [-0.39, 0.29) is 17.4 Å². The molecule has 2 heterocycles. The minimum Gasteiger partial charge on any atom is -0.465 e. The smallest absolute Gasteiger partial charge is 0.337 e. The number of esters is 1. The van der Waals surface area contributed by atoms with Crippen LogP contribution in [-0.2, 0) is 4.74 Å². The Hall–Kier alpha value is -4.00. The highest BCUT2D eigenvalue weighted by molar-refractivity contribution is 5.90. The van der Waals surface area contributed by atoms with Gasteiger partial charge in [0.25, 0.3) is 5.56 Å². The van der Waals surface area contributed by atoms with Gasteiger partial charge in [-0.3, -0.25) is 4.79 Å². The molecule has 178 valence electrons. The number of aromatic nitrogens is 2. The van der Waals surface area contributed by atoms with E-state index >= 15 is 0 Å². The zero-order chi connectivity index (χ0) is 24.4. The largest absolute Gasteiger partial charge is 0.465 e. The molecule has 0 radical (unpaired) electrons. The predicted octanol–water partition coefficient (Wildman–Crippen LogP) is 5.68. The number of hydrogen-bond acceptors (Lipinski definition) is 6. The highest BCUT2D eigenvalue weighted by Crippen LogP contribution is 2.32. The summed E-state index contributed by atoms with van der Waals surface area (Å²) >= 11 is 0. The number of fused-ring (bicyclic) bond motifs is 1. The summed E-state index contributed by atoms with van der Waals surface area (Å²) in [5.41, 5.74) is 2.77. The maximum absolute atomic E-state index is 13.3. The van der Waals surface area contributed by atoms with Gasteiger partial charge in [-0.25, -0.2) is 9.78 Å². The molecule has 35 heavy (non-hydrogen) atoms. The van der Waals surface area contributed by atoms with Crippen LogP contribution in [0.2, 0.25) is 0 Å². The first kappa shape index (κ1) is 22.8. The predicted molar refractivity (Wildman–Crippen MR) is 135 cm³/mol. The van der Waals surface area contributed by atoms with Gasteiger partial charge >= 0.3 is 5.97 Å². The molecule has 0 bridgehead atoms. The van der Waals surface area contributed by atoms with Gasteiger partial charge in [-0.1, -0.05) is 37.5 Å². The average molecular weight is 470 g/mol. The summed E-state index contributed by atoms with van der Waals surface area (Å²) in [6, 6.07) is 16.4. The fourth-order valence-electron chi connectivity index (χ4n) is 4.74. The Morgan fingerprint density at radius 2 is 1.91 bits per heavy atom. The van der Waals surface area contributed by atoms with Crippen LogP contribution < -0.4 is 5.56 Å². The Balaban J connectivity index is 1.49. The first-order valence-corrected chi connectivity index (χ1v) is 11.9. The van der Waals surface area contributed by atoms with E-state index in [0.717, 1.165) is 36.8 Å². The van der Waals surface area contributed by atoms with Crippen LogP contribution in [0.1, 0.15) is 65.5 Å². The van der Waals surface area contributed by atoms with E-state index in [1.807, 2.05) is 43.3 Å². The summed E-state index contributed by atoms with van der Waals surface area (Å²) in [4.78, 5) is 30.0.